The monoisotopic (exact) mass is 239 g/mol. The molecule has 0 saturated carbocycles. The largest absolute Gasteiger partial charge is 0.440 e. The van der Waals surface area contributed by atoms with E-state index in [1.54, 1.807) is 12.4 Å². The molecule has 0 bridgehead atoms. The SMILES string of the molecule is CC(NC(=O)c1ccc(Cl)o1)c1ncc[nH]1. The van der Waals surface area contributed by atoms with Gasteiger partial charge in [-0.15, -0.1) is 0 Å². The number of hydrogen-bond donors (Lipinski definition) is 2. The van der Waals surface area contributed by atoms with Crippen LogP contribution in [-0.4, -0.2) is 15.9 Å². The van der Waals surface area contributed by atoms with E-state index in [4.69, 9.17) is 16.0 Å². The van der Waals surface area contributed by atoms with Gasteiger partial charge in [-0.05, 0) is 30.7 Å². The molecule has 0 aliphatic heterocycles. The lowest BCUT2D eigenvalue weighted by molar-refractivity contribution is 0.0910. The Labute approximate surface area is 96.8 Å². The van der Waals surface area contributed by atoms with Crippen LogP contribution in [0.3, 0.4) is 0 Å². The van der Waals surface area contributed by atoms with Gasteiger partial charge in [0.2, 0.25) is 0 Å². The standard InChI is InChI=1S/C10H10ClN3O2/c1-6(9-12-4-5-13-9)14-10(15)7-2-3-8(11)16-7/h2-6H,1H3,(H,12,13)(H,14,15). The number of nitrogens with one attached hydrogen (secondary N) is 2. The van der Waals surface area contributed by atoms with Crippen molar-refractivity contribution in [3.8, 4) is 0 Å². The highest BCUT2D eigenvalue weighted by Crippen LogP contribution is 2.14. The summed E-state index contributed by atoms with van der Waals surface area (Å²) in [6, 6.07) is 2.83. The van der Waals surface area contributed by atoms with Crippen LogP contribution < -0.4 is 5.32 Å². The first kappa shape index (κ1) is 10.8. The molecule has 16 heavy (non-hydrogen) atoms. The molecule has 0 fully saturated rings. The molecule has 6 heteroatoms. The van der Waals surface area contributed by atoms with Crippen molar-refractivity contribution in [2.75, 3.05) is 0 Å². The van der Waals surface area contributed by atoms with Gasteiger partial charge in [-0.3, -0.25) is 4.79 Å². The normalized spacial score (nSPS) is 12.4. The second-order valence-electron chi connectivity index (χ2n) is 3.27. The Kier molecular flexibility index (Phi) is 2.96. The average molecular weight is 240 g/mol. The Hall–Kier alpha value is -1.75. The van der Waals surface area contributed by atoms with Gasteiger partial charge in [0.15, 0.2) is 11.0 Å². The number of nitrogens with zero attached hydrogens (tertiary/aromatic N) is 1. The Balaban J connectivity index is 2.03. The molecule has 5 nitrogen and oxygen atoms in total. The molecule has 0 radical (unpaired) electrons. The number of rotatable bonds is 3. The number of aromatic nitrogens is 2. The predicted octanol–water partition coefficient (Wildman–Crippen LogP) is 2.15. The number of imidazole rings is 1. The molecule has 84 valence electrons. The third-order valence-electron chi connectivity index (χ3n) is 2.07. The molecule has 2 aromatic rings. The van der Waals surface area contributed by atoms with E-state index in [-0.39, 0.29) is 22.9 Å². The summed E-state index contributed by atoms with van der Waals surface area (Å²) in [6.07, 6.45) is 3.32. The third kappa shape index (κ3) is 2.25. The van der Waals surface area contributed by atoms with Gasteiger partial charge in [-0.2, -0.15) is 0 Å². The van der Waals surface area contributed by atoms with Crippen molar-refractivity contribution in [2.24, 2.45) is 0 Å². The molecule has 0 spiro atoms. The van der Waals surface area contributed by atoms with Gasteiger partial charge in [0.25, 0.3) is 5.91 Å². The minimum atomic E-state index is -0.323. The molecular weight excluding hydrogens is 230 g/mol. The highest BCUT2D eigenvalue weighted by Gasteiger charge is 2.15. The third-order valence-corrected chi connectivity index (χ3v) is 2.28. The van der Waals surface area contributed by atoms with Crippen molar-refractivity contribution in [1.82, 2.24) is 15.3 Å². The summed E-state index contributed by atoms with van der Waals surface area (Å²) in [6.45, 7) is 1.82. The first-order valence-electron chi connectivity index (χ1n) is 4.72. The van der Waals surface area contributed by atoms with E-state index in [2.05, 4.69) is 15.3 Å². The molecular formula is C10H10ClN3O2. The van der Waals surface area contributed by atoms with Crippen molar-refractivity contribution in [2.45, 2.75) is 13.0 Å². The summed E-state index contributed by atoms with van der Waals surface area (Å²) in [5.41, 5.74) is 0. The Morgan fingerprint density at radius 3 is 3.00 bits per heavy atom. The van der Waals surface area contributed by atoms with Gasteiger partial charge in [0.05, 0.1) is 6.04 Å². The van der Waals surface area contributed by atoms with Crippen LogP contribution in [0.5, 0.6) is 0 Å². The average Bonchev–Trinajstić information content (AvgIpc) is 2.87. The zero-order valence-corrected chi connectivity index (χ0v) is 9.28. The van der Waals surface area contributed by atoms with Gasteiger partial charge in [0, 0.05) is 12.4 Å². The van der Waals surface area contributed by atoms with Gasteiger partial charge in [-0.25, -0.2) is 4.98 Å². The molecule has 2 rings (SSSR count). The van der Waals surface area contributed by atoms with E-state index in [0.717, 1.165) is 0 Å². The number of furan rings is 1. The molecule has 0 aliphatic carbocycles. The first-order chi connectivity index (χ1) is 7.66. The summed E-state index contributed by atoms with van der Waals surface area (Å²) in [4.78, 5) is 18.6. The minimum absolute atomic E-state index is 0.184. The molecule has 0 aromatic carbocycles. The second kappa shape index (κ2) is 4.40. The Morgan fingerprint density at radius 2 is 2.44 bits per heavy atom. The zero-order chi connectivity index (χ0) is 11.5. The van der Waals surface area contributed by atoms with Crippen molar-refractivity contribution in [3.63, 3.8) is 0 Å². The maximum absolute atomic E-state index is 11.7. The summed E-state index contributed by atoms with van der Waals surface area (Å²) in [7, 11) is 0. The number of halogens is 1. The molecule has 1 amide bonds. The van der Waals surface area contributed by atoms with Crippen LogP contribution in [0.2, 0.25) is 5.22 Å². The number of hydrogen-bond acceptors (Lipinski definition) is 3. The highest BCUT2D eigenvalue weighted by atomic mass is 35.5. The minimum Gasteiger partial charge on any atom is -0.440 e. The van der Waals surface area contributed by atoms with Crippen LogP contribution in [0.15, 0.2) is 28.9 Å². The maximum Gasteiger partial charge on any atom is 0.287 e. The van der Waals surface area contributed by atoms with Crippen molar-refractivity contribution >= 4 is 17.5 Å². The number of carbonyl (C=O) groups excluding carboxylic acids is 1. The van der Waals surface area contributed by atoms with Crippen molar-refractivity contribution in [3.05, 3.63) is 41.3 Å². The lowest BCUT2D eigenvalue weighted by Crippen LogP contribution is -2.26. The number of carbonyl (C=O) groups is 1. The molecule has 0 aliphatic rings. The summed E-state index contributed by atoms with van der Waals surface area (Å²) < 4.78 is 4.99. The zero-order valence-electron chi connectivity index (χ0n) is 8.53. The van der Waals surface area contributed by atoms with Crippen molar-refractivity contribution in [1.29, 1.82) is 0 Å². The van der Waals surface area contributed by atoms with Crippen LogP contribution in [0.25, 0.3) is 0 Å². The van der Waals surface area contributed by atoms with Gasteiger partial charge >= 0.3 is 0 Å². The fourth-order valence-corrected chi connectivity index (χ4v) is 1.43. The van der Waals surface area contributed by atoms with E-state index >= 15 is 0 Å². The van der Waals surface area contributed by atoms with Gasteiger partial charge < -0.3 is 14.7 Å². The van der Waals surface area contributed by atoms with Crippen LogP contribution in [0.4, 0.5) is 0 Å². The van der Waals surface area contributed by atoms with E-state index in [9.17, 15) is 4.79 Å². The van der Waals surface area contributed by atoms with Gasteiger partial charge in [0.1, 0.15) is 5.82 Å². The molecule has 1 unspecified atom stereocenters. The smallest absolute Gasteiger partial charge is 0.287 e. The lowest BCUT2D eigenvalue weighted by Gasteiger charge is -2.09. The Morgan fingerprint density at radius 1 is 1.62 bits per heavy atom. The highest BCUT2D eigenvalue weighted by molar-refractivity contribution is 6.29. The lowest BCUT2D eigenvalue weighted by atomic mass is 10.3. The van der Waals surface area contributed by atoms with E-state index in [1.165, 1.54) is 12.1 Å². The molecule has 2 N–H and O–H groups in total. The van der Waals surface area contributed by atoms with E-state index in [1.807, 2.05) is 6.92 Å². The quantitative estimate of drug-likeness (QED) is 0.862. The summed E-state index contributed by atoms with van der Waals surface area (Å²) in [5.74, 6) is 0.546. The fourth-order valence-electron chi connectivity index (χ4n) is 1.29. The molecule has 2 heterocycles. The number of amides is 1. The van der Waals surface area contributed by atoms with Crippen molar-refractivity contribution < 1.29 is 9.21 Å². The first-order valence-corrected chi connectivity index (χ1v) is 5.10. The van der Waals surface area contributed by atoms with Gasteiger partial charge in [-0.1, -0.05) is 0 Å². The molecule has 1 atom stereocenters. The molecule has 0 saturated heterocycles. The topological polar surface area (TPSA) is 70.9 Å². The second-order valence-corrected chi connectivity index (χ2v) is 3.65. The molecule has 2 aromatic heterocycles. The van der Waals surface area contributed by atoms with Crippen LogP contribution in [-0.2, 0) is 0 Å². The number of H-pyrrole nitrogens is 1. The van der Waals surface area contributed by atoms with Crippen LogP contribution in [0.1, 0.15) is 29.3 Å². The summed E-state index contributed by atoms with van der Waals surface area (Å²) >= 11 is 5.58. The van der Waals surface area contributed by atoms with Crippen LogP contribution >= 0.6 is 11.6 Å². The van der Waals surface area contributed by atoms with Crippen LogP contribution in [0, 0.1) is 0 Å². The summed E-state index contributed by atoms with van der Waals surface area (Å²) in [5, 5.41) is 2.92. The number of aromatic amines is 1. The predicted molar refractivity (Wildman–Crippen MR) is 58.2 cm³/mol. The fraction of sp³-hybridized carbons (Fsp3) is 0.200. The van der Waals surface area contributed by atoms with E-state index < -0.39 is 0 Å². The maximum atomic E-state index is 11.7. The van der Waals surface area contributed by atoms with E-state index in [0.29, 0.717) is 5.82 Å². The Bertz CT molecular complexity index is 478.